The third-order valence-electron chi connectivity index (χ3n) is 5.77. The number of amides is 2. The highest BCUT2D eigenvalue weighted by molar-refractivity contribution is 5.99. The molecule has 4 rings (SSSR count). The molecule has 2 aliphatic rings. The third-order valence-corrected chi connectivity index (χ3v) is 5.77. The molecule has 2 aromatic rings. The highest BCUT2D eigenvalue weighted by atomic mass is 16.3. The van der Waals surface area contributed by atoms with Crippen molar-refractivity contribution in [2.75, 3.05) is 45.8 Å². The summed E-state index contributed by atoms with van der Waals surface area (Å²) in [6.07, 6.45) is 3.46. The van der Waals surface area contributed by atoms with E-state index in [2.05, 4.69) is 4.90 Å². The molecule has 2 saturated heterocycles. The number of aryl methyl sites for hydroxylation is 1. The molecule has 6 nitrogen and oxygen atoms in total. The maximum absolute atomic E-state index is 12.9. The highest BCUT2D eigenvalue weighted by Gasteiger charge is 2.28. The number of hydrogen-bond acceptors (Lipinski definition) is 4. The van der Waals surface area contributed by atoms with Gasteiger partial charge in [-0.1, -0.05) is 18.2 Å². The number of benzene rings is 1. The molecule has 0 aliphatic carbocycles. The minimum atomic E-state index is -0.0503. The molecule has 6 heteroatoms. The van der Waals surface area contributed by atoms with Crippen LogP contribution < -0.4 is 0 Å². The third kappa shape index (κ3) is 3.72. The lowest BCUT2D eigenvalue weighted by atomic mass is 10.1. The van der Waals surface area contributed by atoms with Crippen LogP contribution in [0.5, 0.6) is 0 Å². The zero-order chi connectivity index (χ0) is 18.8. The van der Waals surface area contributed by atoms with Crippen LogP contribution in [0, 0.1) is 6.92 Å². The first-order chi connectivity index (χ1) is 13.1. The lowest BCUT2D eigenvalue weighted by molar-refractivity contribution is -0.133. The van der Waals surface area contributed by atoms with E-state index in [9.17, 15) is 9.59 Å². The molecular weight excluding hydrogens is 342 g/mol. The molecule has 0 spiro atoms. The van der Waals surface area contributed by atoms with Crippen molar-refractivity contribution in [2.24, 2.45) is 0 Å². The van der Waals surface area contributed by atoms with E-state index in [1.165, 1.54) is 6.42 Å². The predicted octanol–water partition coefficient (Wildman–Crippen LogP) is 2.51. The SMILES string of the molecule is Cc1c(C(=O)N2CCN(CC(=O)N3CCCCC3)CC2)oc2ccccc12. The lowest BCUT2D eigenvalue weighted by Gasteiger charge is -2.35. The number of likely N-dealkylation sites (tertiary alicyclic amines) is 1. The number of para-hydroxylation sites is 1. The Kier molecular flexibility index (Phi) is 5.16. The van der Waals surface area contributed by atoms with E-state index in [4.69, 9.17) is 4.42 Å². The second-order valence-electron chi connectivity index (χ2n) is 7.56. The van der Waals surface area contributed by atoms with Crippen molar-refractivity contribution in [2.45, 2.75) is 26.2 Å². The fourth-order valence-electron chi connectivity index (χ4n) is 4.07. The van der Waals surface area contributed by atoms with Gasteiger partial charge >= 0.3 is 0 Å². The number of piperidine rings is 1. The van der Waals surface area contributed by atoms with Gasteiger partial charge in [0.2, 0.25) is 5.91 Å². The Hall–Kier alpha value is -2.34. The molecule has 0 atom stereocenters. The van der Waals surface area contributed by atoms with Crippen LogP contribution in [0.1, 0.15) is 35.4 Å². The number of carbonyl (C=O) groups excluding carboxylic acids is 2. The quantitative estimate of drug-likeness (QED) is 0.834. The molecule has 0 bridgehead atoms. The number of fused-ring (bicyclic) bond motifs is 1. The van der Waals surface area contributed by atoms with Gasteiger partial charge in [0, 0.05) is 50.2 Å². The number of hydrogen-bond donors (Lipinski definition) is 0. The zero-order valence-electron chi connectivity index (χ0n) is 15.9. The van der Waals surface area contributed by atoms with Crippen molar-refractivity contribution >= 4 is 22.8 Å². The van der Waals surface area contributed by atoms with Crippen molar-refractivity contribution in [3.8, 4) is 0 Å². The Morgan fingerprint density at radius 3 is 2.33 bits per heavy atom. The smallest absolute Gasteiger partial charge is 0.289 e. The van der Waals surface area contributed by atoms with Gasteiger partial charge in [-0.2, -0.15) is 0 Å². The number of rotatable bonds is 3. The van der Waals surface area contributed by atoms with E-state index < -0.39 is 0 Å². The summed E-state index contributed by atoms with van der Waals surface area (Å²) >= 11 is 0. The van der Waals surface area contributed by atoms with Crippen molar-refractivity contribution in [1.29, 1.82) is 0 Å². The summed E-state index contributed by atoms with van der Waals surface area (Å²) < 4.78 is 5.82. The van der Waals surface area contributed by atoms with Crippen LogP contribution in [0.4, 0.5) is 0 Å². The highest BCUT2D eigenvalue weighted by Crippen LogP contribution is 2.26. The van der Waals surface area contributed by atoms with E-state index in [0.717, 1.165) is 55.6 Å². The molecule has 2 amide bonds. The average Bonchev–Trinajstić information content (AvgIpc) is 3.05. The molecule has 2 fully saturated rings. The van der Waals surface area contributed by atoms with Gasteiger partial charge in [0.15, 0.2) is 5.76 Å². The Morgan fingerprint density at radius 1 is 0.926 bits per heavy atom. The molecule has 0 saturated carbocycles. The minimum absolute atomic E-state index is 0.0503. The number of furan rings is 1. The van der Waals surface area contributed by atoms with Crippen LogP contribution in [0.2, 0.25) is 0 Å². The van der Waals surface area contributed by atoms with Gasteiger partial charge < -0.3 is 14.2 Å². The van der Waals surface area contributed by atoms with Crippen LogP contribution in [0.25, 0.3) is 11.0 Å². The molecule has 3 heterocycles. The number of piperazine rings is 1. The zero-order valence-corrected chi connectivity index (χ0v) is 15.9. The molecular formula is C21H27N3O3. The number of nitrogens with zero attached hydrogens (tertiary/aromatic N) is 3. The van der Waals surface area contributed by atoms with Crippen LogP contribution in [0.15, 0.2) is 28.7 Å². The second kappa shape index (κ2) is 7.72. The molecule has 0 unspecified atom stereocenters. The molecule has 0 radical (unpaired) electrons. The van der Waals surface area contributed by atoms with E-state index in [1.807, 2.05) is 41.0 Å². The molecule has 144 valence electrons. The second-order valence-corrected chi connectivity index (χ2v) is 7.56. The standard InChI is InChI=1S/C21H27N3O3/c1-16-17-7-3-4-8-18(17)27-20(16)21(26)24-13-11-22(12-14-24)15-19(25)23-9-5-2-6-10-23/h3-4,7-8H,2,5-6,9-15H2,1H3. The first kappa shape index (κ1) is 18.0. The molecule has 1 aromatic heterocycles. The predicted molar refractivity (Wildman–Crippen MR) is 104 cm³/mol. The first-order valence-corrected chi connectivity index (χ1v) is 9.91. The van der Waals surface area contributed by atoms with Crippen molar-refractivity contribution in [3.05, 3.63) is 35.6 Å². The lowest BCUT2D eigenvalue weighted by Crippen LogP contribution is -2.52. The first-order valence-electron chi connectivity index (χ1n) is 9.91. The maximum atomic E-state index is 12.9. The summed E-state index contributed by atoms with van der Waals surface area (Å²) in [7, 11) is 0. The summed E-state index contributed by atoms with van der Waals surface area (Å²) in [5.74, 6) is 0.613. The summed E-state index contributed by atoms with van der Waals surface area (Å²) in [6.45, 7) is 6.89. The normalized spacial score (nSPS) is 18.9. The van der Waals surface area contributed by atoms with Gasteiger partial charge in [0.25, 0.3) is 5.91 Å². The molecule has 2 aliphatic heterocycles. The fourth-order valence-corrected chi connectivity index (χ4v) is 4.07. The average molecular weight is 369 g/mol. The van der Waals surface area contributed by atoms with Crippen LogP contribution in [-0.2, 0) is 4.79 Å². The summed E-state index contributed by atoms with van der Waals surface area (Å²) in [4.78, 5) is 31.3. The molecule has 1 aromatic carbocycles. The van der Waals surface area contributed by atoms with Gasteiger partial charge in [0.1, 0.15) is 5.58 Å². The topological polar surface area (TPSA) is 57.0 Å². The fraction of sp³-hybridized carbons (Fsp3) is 0.524. The van der Waals surface area contributed by atoms with E-state index in [1.54, 1.807) is 0 Å². The van der Waals surface area contributed by atoms with Gasteiger partial charge in [-0.05, 0) is 32.3 Å². The van der Waals surface area contributed by atoms with Gasteiger partial charge in [-0.3, -0.25) is 14.5 Å². The van der Waals surface area contributed by atoms with E-state index in [-0.39, 0.29) is 11.8 Å². The Morgan fingerprint density at radius 2 is 1.63 bits per heavy atom. The van der Waals surface area contributed by atoms with Gasteiger partial charge in [0.05, 0.1) is 6.54 Å². The van der Waals surface area contributed by atoms with Gasteiger partial charge in [-0.15, -0.1) is 0 Å². The van der Waals surface area contributed by atoms with Crippen molar-refractivity contribution in [1.82, 2.24) is 14.7 Å². The molecule has 27 heavy (non-hydrogen) atoms. The van der Waals surface area contributed by atoms with Crippen LogP contribution >= 0.6 is 0 Å². The summed E-state index contributed by atoms with van der Waals surface area (Å²) in [6, 6.07) is 7.74. The summed E-state index contributed by atoms with van der Waals surface area (Å²) in [5.41, 5.74) is 1.66. The van der Waals surface area contributed by atoms with Crippen LogP contribution in [0.3, 0.4) is 0 Å². The Bertz CT molecular complexity index is 830. The minimum Gasteiger partial charge on any atom is -0.451 e. The van der Waals surface area contributed by atoms with E-state index >= 15 is 0 Å². The Labute approximate surface area is 159 Å². The molecule has 0 N–H and O–H groups in total. The van der Waals surface area contributed by atoms with E-state index in [0.29, 0.717) is 25.4 Å². The Balaban J connectivity index is 1.35. The van der Waals surface area contributed by atoms with Crippen LogP contribution in [-0.4, -0.2) is 72.3 Å². The van der Waals surface area contributed by atoms with Crippen molar-refractivity contribution < 1.29 is 14.0 Å². The largest absolute Gasteiger partial charge is 0.451 e. The number of carbonyl (C=O) groups is 2. The summed E-state index contributed by atoms with van der Waals surface area (Å²) in [5, 5.41) is 0.992. The van der Waals surface area contributed by atoms with Gasteiger partial charge in [-0.25, -0.2) is 0 Å². The monoisotopic (exact) mass is 369 g/mol. The van der Waals surface area contributed by atoms with Crippen molar-refractivity contribution in [3.63, 3.8) is 0 Å². The maximum Gasteiger partial charge on any atom is 0.289 e.